The predicted octanol–water partition coefficient (Wildman–Crippen LogP) is 4.25. The molecule has 0 unspecified atom stereocenters. The number of nitrogens with zero attached hydrogens (tertiary/aromatic N) is 3. The van der Waals surface area contributed by atoms with E-state index >= 15 is 0 Å². The zero-order valence-corrected chi connectivity index (χ0v) is 16.2. The normalized spacial score (nSPS) is 11.9. The number of aryl methyl sites for hydroxylation is 1. The molecule has 0 bridgehead atoms. The van der Waals surface area contributed by atoms with Gasteiger partial charge in [-0.3, -0.25) is 0 Å². The summed E-state index contributed by atoms with van der Waals surface area (Å²) in [5.74, 6) is 0. The van der Waals surface area contributed by atoms with Crippen molar-refractivity contribution in [2.45, 2.75) is 26.0 Å². The zero-order valence-electron chi connectivity index (χ0n) is 16.2. The van der Waals surface area contributed by atoms with E-state index in [2.05, 4.69) is 15.4 Å². The van der Waals surface area contributed by atoms with Crippen LogP contribution in [-0.4, -0.2) is 20.7 Å². The van der Waals surface area contributed by atoms with Gasteiger partial charge in [0.25, 0.3) is 0 Å². The molecule has 0 saturated heterocycles. The number of hydrogen-bond donors (Lipinski definition) is 1. The molecule has 4 rings (SSSR count). The van der Waals surface area contributed by atoms with Crippen LogP contribution in [0.1, 0.15) is 28.6 Å². The summed E-state index contributed by atoms with van der Waals surface area (Å²) < 4.78 is 7.22. The van der Waals surface area contributed by atoms with E-state index in [0.29, 0.717) is 6.42 Å². The Balaban J connectivity index is 1.57. The van der Waals surface area contributed by atoms with E-state index in [0.717, 1.165) is 28.2 Å². The molecular formula is C23H22N4O2. The first-order chi connectivity index (χ1) is 14.2. The Morgan fingerprint density at radius 3 is 2.45 bits per heavy atom. The van der Waals surface area contributed by atoms with Crippen LogP contribution in [0.2, 0.25) is 0 Å². The molecule has 0 aliphatic rings. The number of ether oxygens (including phenoxy) is 1. The van der Waals surface area contributed by atoms with E-state index in [1.54, 1.807) is 10.7 Å². The number of amides is 1. The molecule has 2 heterocycles. The number of carbonyl (C=O) groups excluding carboxylic acids is 1. The number of rotatable bonds is 6. The minimum absolute atomic E-state index is 0.220. The van der Waals surface area contributed by atoms with Gasteiger partial charge in [0.1, 0.15) is 6.61 Å². The lowest BCUT2D eigenvalue weighted by Gasteiger charge is -2.20. The molecule has 0 spiro atoms. The fraction of sp³-hybridized carbons (Fsp3) is 0.174. The minimum atomic E-state index is -0.469. The van der Waals surface area contributed by atoms with Crippen molar-refractivity contribution in [1.29, 1.82) is 0 Å². The maximum Gasteiger partial charge on any atom is 0.408 e. The van der Waals surface area contributed by atoms with Crippen LogP contribution in [0, 0.1) is 6.92 Å². The highest BCUT2D eigenvalue weighted by molar-refractivity contribution is 5.68. The first-order valence-corrected chi connectivity index (χ1v) is 9.51. The number of hydrogen-bond acceptors (Lipinski definition) is 4. The summed E-state index contributed by atoms with van der Waals surface area (Å²) in [6.45, 7) is 2.14. The summed E-state index contributed by atoms with van der Waals surface area (Å²) in [6.07, 6.45) is 1.88. The molecule has 6 nitrogen and oxygen atoms in total. The second kappa shape index (κ2) is 8.56. The summed E-state index contributed by atoms with van der Waals surface area (Å²) >= 11 is 0. The Morgan fingerprint density at radius 2 is 1.72 bits per heavy atom. The maximum atomic E-state index is 12.6. The average molecular weight is 386 g/mol. The molecule has 6 heteroatoms. The van der Waals surface area contributed by atoms with E-state index in [1.165, 1.54) is 0 Å². The van der Waals surface area contributed by atoms with Gasteiger partial charge in [0.15, 0.2) is 5.65 Å². The summed E-state index contributed by atoms with van der Waals surface area (Å²) in [6, 6.07) is 23.1. The van der Waals surface area contributed by atoms with Crippen LogP contribution in [-0.2, 0) is 17.8 Å². The van der Waals surface area contributed by atoms with Crippen LogP contribution < -0.4 is 5.32 Å². The third-order valence-corrected chi connectivity index (χ3v) is 4.65. The van der Waals surface area contributed by atoms with Crippen molar-refractivity contribution in [2.24, 2.45) is 0 Å². The number of aromatic nitrogens is 3. The lowest BCUT2D eigenvalue weighted by Crippen LogP contribution is -2.32. The van der Waals surface area contributed by atoms with E-state index in [1.807, 2.05) is 79.7 Å². The van der Waals surface area contributed by atoms with Gasteiger partial charge in [-0.2, -0.15) is 5.10 Å². The molecular weight excluding hydrogens is 364 g/mol. The topological polar surface area (TPSA) is 68.5 Å². The van der Waals surface area contributed by atoms with Crippen molar-refractivity contribution >= 4 is 11.7 Å². The van der Waals surface area contributed by atoms with E-state index in [9.17, 15) is 4.79 Å². The summed E-state index contributed by atoms with van der Waals surface area (Å²) in [7, 11) is 0. The zero-order chi connectivity index (χ0) is 20.1. The summed E-state index contributed by atoms with van der Waals surface area (Å²) in [5, 5.41) is 7.54. The first kappa shape index (κ1) is 18.7. The summed E-state index contributed by atoms with van der Waals surface area (Å²) in [5.41, 5.74) is 4.52. The largest absolute Gasteiger partial charge is 0.445 e. The van der Waals surface area contributed by atoms with Gasteiger partial charge in [-0.15, -0.1) is 0 Å². The highest BCUT2D eigenvalue weighted by Crippen LogP contribution is 2.20. The molecule has 1 atom stereocenters. The number of nitrogens with one attached hydrogen (secondary N) is 1. The first-order valence-electron chi connectivity index (χ1n) is 9.51. The Morgan fingerprint density at radius 1 is 1.03 bits per heavy atom. The Kier molecular flexibility index (Phi) is 5.52. The van der Waals surface area contributed by atoms with Gasteiger partial charge in [0.05, 0.1) is 17.4 Å². The molecule has 2 aromatic heterocycles. The number of fused-ring (bicyclic) bond motifs is 1. The van der Waals surface area contributed by atoms with Crippen LogP contribution >= 0.6 is 0 Å². The van der Waals surface area contributed by atoms with E-state index in [-0.39, 0.29) is 12.6 Å². The number of benzene rings is 2. The number of alkyl carbamates (subject to hydrolysis) is 1. The van der Waals surface area contributed by atoms with E-state index < -0.39 is 6.09 Å². The Labute approximate surface area is 169 Å². The molecule has 2 aromatic carbocycles. The highest BCUT2D eigenvalue weighted by Gasteiger charge is 2.20. The van der Waals surface area contributed by atoms with Gasteiger partial charge < -0.3 is 10.1 Å². The molecule has 0 radical (unpaired) electrons. The van der Waals surface area contributed by atoms with Gasteiger partial charge in [0.2, 0.25) is 0 Å². The van der Waals surface area contributed by atoms with Gasteiger partial charge in [0, 0.05) is 12.3 Å². The second-order valence-corrected chi connectivity index (χ2v) is 6.87. The van der Waals surface area contributed by atoms with Crippen molar-refractivity contribution in [3.63, 3.8) is 0 Å². The smallest absolute Gasteiger partial charge is 0.408 e. The van der Waals surface area contributed by atoms with Crippen molar-refractivity contribution in [2.75, 3.05) is 0 Å². The Bertz CT molecular complexity index is 1090. The average Bonchev–Trinajstić information content (AvgIpc) is 3.13. The van der Waals surface area contributed by atoms with Crippen molar-refractivity contribution in [3.05, 3.63) is 102 Å². The van der Waals surface area contributed by atoms with Crippen molar-refractivity contribution in [1.82, 2.24) is 19.9 Å². The molecule has 146 valence electrons. The van der Waals surface area contributed by atoms with E-state index in [4.69, 9.17) is 4.74 Å². The molecule has 0 saturated carbocycles. The van der Waals surface area contributed by atoms with Crippen LogP contribution in [0.4, 0.5) is 4.79 Å². The van der Waals surface area contributed by atoms with Crippen LogP contribution in [0.15, 0.2) is 79.0 Å². The SMILES string of the molecule is Cc1cc2nccc([C@H](Cc3ccccc3)NC(=O)OCc3ccccc3)n2n1. The van der Waals surface area contributed by atoms with Gasteiger partial charge in [-0.05, 0) is 30.5 Å². The molecule has 0 fully saturated rings. The molecule has 4 aromatic rings. The standard InChI is InChI=1S/C23H22N4O2/c1-17-14-22-24-13-12-21(27(22)26-17)20(15-18-8-4-2-5-9-18)25-23(28)29-16-19-10-6-3-7-11-19/h2-14,20H,15-16H2,1H3,(H,25,28)/t20-/m0/s1. The molecule has 0 aliphatic carbocycles. The van der Waals surface area contributed by atoms with Gasteiger partial charge in [-0.1, -0.05) is 60.7 Å². The maximum absolute atomic E-state index is 12.6. The quantitative estimate of drug-likeness (QED) is 0.538. The van der Waals surface area contributed by atoms with Crippen molar-refractivity contribution < 1.29 is 9.53 Å². The third-order valence-electron chi connectivity index (χ3n) is 4.65. The van der Waals surface area contributed by atoms with Crippen molar-refractivity contribution in [3.8, 4) is 0 Å². The lowest BCUT2D eigenvalue weighted by atomic mass is 10.0. The number of carbonyl (C=O) groups is 1. The third kappa shape index (κ3) is 4.60. The second-order valence-electron chi connectivity index (χ2n) is 6.87. The van der Waals surface area contributed by atoms with Gasteiger partial charge >= 0.3 is 6.09 Å². The lowest BCUT2D eigenvalue weighted by molar-refractivity contribution is 0.135. The van der Waals surface area contributed by atoms with Crippen LogP contribution in [0.5, 0.6) is 0 Å². The molecule has 0 aliphatic heterocycles. The summed E-state index contributed by atoms with van der Waals surface area (Å²) in [4.78, 5) is 16.9. The fourth-order valence-corrected chi connectivity index (χ4v) is 3.28. The van der Waals surface area contributed by atoms with Gasteiger partial charge in [-0.25, -0.2) is 14.3 Å². The van der Waals surface area contributed by atoms with Crippen LogP contribution in [0.25, 0.3) is 5.65 Å². The highest BCUT2D eigenvalue weighted by atomic mass is 16.5. The molecule has 29 heavy (non-hydrogen) atoms. The fourth-order valence-electron chi connectivity index (χ4n) is 3.28. The molecule has 1 N–H and O–H groups in total. The molecule has 1 amide bonds. The minimum Gasteiger partial charge on any atom is -0.445 e. The van der Waals surface area contributed by atoms with Crippen LogP contribution in [0.3, 0.4) is 0 Å². The Hall–Kier alpha value is -3.67. The monoisotopic (exact) mass is 386 g/mol. The predicted molar refractivity (Wildman–Crippen MR) is 110 cm³/mol.